The second-order valence-electron chi connectivity index (χ2n) is 6.15. The lowest BCUT2D eigenvalue weighted by atomic mass is 9.99. The number of rotatable bonds is 3. The Morgan fingerprint density at radius 3 is 2.28 bits per heavy atom. The van der Waals surface area contributed by atoms with Gasteiger partial charge in [0.05, 0.1) is 11.4 Å². The number of hydrogen-bond acceptors (Lipinski definition) is 3. The number of halogens is 2. The summed E-state index contributed by atoms with van der Waals surface area (Å²) in [6, 6.07) is 12.8. The molecular formula is C20H17F2N3. The molecule has 3 nitrogen and oxygen atoms in total. The Bertz CT molecular complexity index is 890. The summed E-state index contributed by atoms with van der Waals surface area (Å²) in [6.07, 6.45) is 1.37. The largest absolute Gasteiger partial charge is 0.312 e. The van der Waals surface area contributed by atoms with E-state index < -0.39 is 0 Å². The van der Waals surface area contributed by atoms with Gasteiger partial charge in [0.1, 0.15) is 17.5 Å². The van der Waals surface area contributed by atoms with Gasteiger partial charge in [-0.2, -0.15) is 0 Å². The Balaban J connectivity index is 1.76. The normalized spacial score (nSPS) is 13.5. The Hall–Kier alpha value is -2.66. The Morgan fingerprint density at radius 2 is 1.56 bits per heavy atom. The summed E-state index contributed by atoms with van der Waals surface area (Å²) in [6.45, 7) is 1.59. The number of fused-ring (bicyclic) bond motifs is 1. The molecule has 126 valence electrons. The molecule has 3 aromatic rings. The summed E-state index contributed by atoms with van der Waals surface area (Å²) in [5.74, 6) is 0.177. The van der Waals surface area contributed by atoms with Gasteiger partial charge in [-0.05, 0) is 42.0 Å². The van der Waals surface area contributed by atoms with E-state index in [1.54, 1.807) is 24.3 Å². The number of hydrogen-bond donors (Lipinski definition) is 1. The molecule has 0 radical (unpaired) electrons. The van der Waals surface area contributed by atoms with Crippen LogP contribution in [0.3, 0.4) is 0 Å². The number of nitrogens with one attached hydrogen (secondary N) is 1. The van der Waals surface area contributed by atoms with Crippen molar-refractivity contribution < 1.29 is 8.78 Å². The highest BCUT2D eigenvalue weighted by Crippen LogP contribution is 2.26. The first-order valence-corrected chi connectivity index (χ1v) is 8.29. The molecule has 5 heteroatoms. The van der Waals surface area contributed by atoms with Gasteiger partial charge < -0.3 is 5.32 Å². The van der Waals surface area contributed by atoms with Crippen LogP contribution in [0.15, 0.2) is 48.5 Å². The molecule has 0 saturated heterocycles. The van der Waals surface area contributed by atoms with E-state index in [1.807, 2.05) is 0 Å². The maximum Gasteiger partial charge on any atom is 0.133 e. The molecule has 0 fully saturated rings. The molecule has 25 heavy (non-hydrogen) atoms. The van der Waals surface area contributed by atoms with E-state index in [0.717, 1.165) is 41.0 Å². The lowest BCUT2D eigenvalue weighted by Crippen LogP contribution is -2.26. The molecule has 2 aromatic carbocycles. The van der Waals surface area contributed by atoms with Crippen molar-refractivity contribution in [2.45, 2.75) is 19.4 Å². The van der Waals surface area contributed by atoms with E-state index in [1.165, 1.54) is 24.3 Å². The summed E-state index contributed by atoms with van der Waals surface area (Å²) >= 11 is 0. The minimum absolute atomic E-state index is 0.256. The second kappa shape index (κ2) is 6.69. The van der Waals surface area contributed by atoms with Crippen LogP contribution in [0.25, 0.3) is 11.3 Å². The van der Waals surface area contributed by atoms with E-state index in [9.17, 15) is 8.78 Å². The van der Waals surface area contributed by atoms with Crippen LogP contribution in [0.1, 0.15) is 22.6 Å². The first-order chi connectivity index (χ1) is 12.2. The minimum atomic E-state index is -0.267. The van der Waals surface area contributed by atoms with Crippen molar-refractivity contribution >= 4 is 0 Å². The quantitative estimate of drug-likeness (QED) is 0.793. The standard InChI is InChI=1S/C20H17F2N3/c21-15-5-1-13(2-6-15)11-19-24-18-9-10-23-12-17(18)20(25-19)14-3-7-16(22)8-4-14/h1-8,23H,9-12H2. The zero-order valence-electron chi connectivity index (χ0n) is 13.6. The average Bonchev–Trinajstić information content (AvgIpc) is 2.64. The molecule has 0 bridgehead atoms. The van der Waals surface area contributed by atoms with Crippen molar-refractivity contribution in [2.24, 2.45) is 0 Å². The summed E-state index contributed by atoms with van der Waals surface area (Å²) < 4.78 is 26.4. The smallest absolute Gasteiger partial charge is 0.133 e. The van der Waals surface area contributed by atoms with Crippen LogP contribution in [0.4, 0.5) is 8.78 Å². The Morgan fingerprint density at radius 1 is 0.880 bits per heavy atom. The van der Waals surface area contributed by atoms with Crippen molar-refractivity contribution in [2.75, 3.05) is 6.54 Å². The third-order valence-corrected chi connectivity index (χ3v) is 4.37. The van der Waals surface area contributed by atoms with Crippen molar-refractivity contribution in [3.05, 3.63) is 82.8 Å². The van der Waals surface area contributed by atoms with Crippen LogP contribution in [0.2, 0.25) is 0 Å². The monoisotopic (exact) mass is 337 g/mol. The molecule has 0 spiro atoms. The van der Waals surface area contributed by atoms with Gasteiger partial charge in [0.2, 0.25) is 0 Å². The Kier molecular flexibility index (Phi) is 4.24. The SMILES string of the molecule is Fc1ccc(Cc2nc3c(c(-c4ccc(F)cc4)n2)CNCC3)cc1. The number of nitrogens with zero attached hydrogens (tertiary/aromatic N) is 2. The van der Waals surface area contributed by atoms with Crippen LogP contribution in [0.5, 0.6) is 0 Å². The number of benzene rings is 2. The van der Waals surface area contributed by atoms with Gasteiger partial charge in [-0.3, -0.25) is 0 Å². The minimum Gasteiger partial charge on any atom is -0.312 e. The van der Waals surface area contributed by atoms with Gasteiger partial charge in [-0.15, -0.1) is 0 Å². The summed E-state index contributed by atoms with van der Waals surface area (Å²) in [5.41, 5.74) is 4.78. The van der Waals surface area contributed by atoms with Crippen LogP contribution in [0, 0.1) is 11.6 Å². The molecule has 1 aromatic heterocycles. The molecule has 0 aliphatic carbocycles. The predicted octanol–water partition coefficient (Wildman–Crippen LogP) is 3.66. The second-order valence-corrected chi connectivity index (χ2v) is 6.15. The molecule has 1 N–H and O–H groups in total. The maximum atomic E-state index is 13.3. The zero-order valence-corrected chi connectivity index (χ0v) is 13.6. The highest BCUT2D eigenvalue weighted by molar-refractivity contribution is 5.64. The van der Waals surface area contributed by atoms with E-state index in [0.29, 0.717) is 18.8 Å². The van der Waals surface area contributed by atoms with Crippen molar-refractivity contribution in [1.82, 2.24) is 15.3 Å². The molecule has 2 heterocycles. The first-order valence-electron chi connectivity index (χ1n) is 8.29. The highest BCUT2D eigenvalue weighted by atomic mass is 19.1. The third kappa shape index (κ3) is 3.42. The van der Waals surface area contributed by atoms with E-state index in [-0.39, 0.29) is 11.6 Å². The van der Waals surface area contributed by atoms with Crippen molar-refractivity contribution in [1.29, 1.82) is 0 Å². The highest BCUT2D eigenvalue weighted by Gasteiger charge is 2.18. The van der Waals surface area contributed by atoms with Crippen molar-refractivity contribution in [3.63, 3.8) is 0 Å². The summed E-state index contributed by atoms with van der Waals surface area (Å²) in [5, 5.41) is 3.34. The van der Waals surface area contributed by atoms with Gasteiger partial charge in [0.25, 0.3) is 0 Å². The third-order valence-electron chi connectivity index (χ3n) is 4.37. The molecule has 0 amide bonds. The molecule has 4 rings (SSSR count). The van der Waals surface area contributed by atoms with Crippen LogP contribution in [-0.4, -0.2) is 16.5 Å². The topological polar surface area (TPSA) is 37.8 Å². The van der Waals surface area contributed by atoms with Crippen molar-refractivity contribution in [3.8, 4) is 11.3 Å². The molecule has 0 unspecified atom stereocenters. The molecular weight excluding hydrogens is 320 g/mol. The Labute approximate surface area is 144 Å². The fraction of sp³-hybridized carbons (Fsp3) is 0.200. The summed E-state index contributed by atoms with van der Waals surface area (Å²) in [4.78, 5) is 9.45. The molecule has 1 aliphatic rings. The van der Waals surface area contributed by atoms with Gasteiger partial charge in [0.15, 0.2) is 0 Å². The van der Waals surface area contributed by atoms with Crippen LogP contribution >= 0.6 is 0 Å². The fourth-order valence-corrected chi connectivity index (χ4v) is 3.10. The zero-order chi connectivity index (χ0) is 17.2. The van der Waals surface area contributed by atoms with Gasteiger partial charge in [-0.25, -0.2) is 18.7 Å². The van der Waals surface area contributed by atoms with Crippen LogP contribution in [-0.2, 0) is 19.4 Å². The summed E-state index contributed by atoms with van der Waals surface area (Å²) in [7, 11) is 0. The van der Waals surface area contributed by atoms with E-state index in [2.05, 4.69) is 5.32 Å². The van der Waals surface area contributed by atoms with E-state index >= 15 is 0 Å². The first kappa shape index (κ1) is 15.8. The van der Waals surface area contributed by atoms with Gasteiger partial charge in [-0.1, -0.05) is 12.1 Å². The fourth-order valence-electron chi connectivity index (χ4n) is 3.10. The number of aromatic nitrogens is 2. The van der Waals surface area contributed by atoms with E-state index in [4.69, 9.17) is 9.97 Å². The molecule has 0 saturated carbocycles. The lowest BCUT2D eigenvalue weighted by Gasteiger charge is -2.20. The predicted molar refractivity (Wildman–Crippen MR) is 92.0 cm³/mol. The molecule has 1 aliphatic heterocycles. The van der Waals surface area contributed by atoms with Gasteiger partial charge >= 0.3 is 0 Å². The maximum absolute atomic E-state index is 13.3. The molecule has 0 atom stereocenters. The van der Waals surface area contributed by atoms with Gasteiger partial charge in [0, 0.05) is 37.1 Å². The lowest BCUT2D eigenvalue weighted by molar-refractivity contribution is 0.621. The average molecular weight is 337 g/mol. The van der Waals surface area contributed by atoms with Crippen LogP contribution < -0.4 is 5.32 Å².